The molecule has 0 saturated heterocycles. The van der Waals surface area contributed by atoms with Crippen LogP contribution in [0.4, 0.5) is 5.82 Å². The number of rotatable bonds is 18. The van der Waals surface area contributed by atoms with Crippen molar-refractivity contribution in [2.45, 2.75) is 96.9 Å². The van der Waals surface area contributed by atoms with Crippen molar-refractivity contribution in [2.75, 3.05) is 25.5 Å². The average molecular weight is 496 g/mol. The number of hydrogen-bond acceptors (Lipinski definition) is 5. The number of nitrogens with one attached hydrogen (secondary N) is 1. The number of nitrogen functional groups attached to an aromatic ring is 1. The molecule has 36 heavy (non-hydrogen) atoms. The molecule has 2 heterocycles. The second kappa shape index (κ2) is 15.4. The van der Waals surface area contributed by atoms with Crippen LogP contribution in [0.5, 0.6) is 0 Å². The molecule has 0 unspecified atom stereocenters. The number of imidazole rings is 1. The monoisotopic (exact) mass is 495 g/mol. The van der Waals surface area contributed by atoms with E-state index in [-0.39, 0.29) is 11.9 Å². The van der Waals surface area contributed by atoms with Crippen LogP contribution < -0.4 is 11.1 Å². The lowest BCUT2D eigenvalue weighted by Crippen LogP contribution is -2.25. The predicted molar refractivity (Wildman–Crippen MR) is 149 cm³/mol. The van der Waals surface area contributed by atoms with Crippen molar-refractivity contribution in [3.8, 4) is 0 Å². The van der Waals surface area contributed by atoms with E-state index >= 15 is 0 Å². The molecule has 198 valence electrons. The van der Waals surface area contributed by atoms with Gasteiger partial charge in [-0.15, -0.1) is 0 Å². The van der Waals surface area contributed by atoms with Gasteiger partial charge in [-0.3, -0.25) is 4.79 Å². The SMILES string of the molecule is CCCCCCCCCCCC(=O)NCCC[C@@H](COCC)n1cnc2c(N)nc3ccccc3c21. The Hall–Kier alpha value is -2.67. The zero-order valence-electron chi connectivity index (χ0n) is 22.3. The predicted octanol–water partition coefficient (Wildman–Crippen LogP) is 6.56. The van der Waals surface area contributed by atoms with Crippen molar-refractivity contribution in [1.82, 2.24) is 19.9 Å². The van der Waals surface area contributed by atoms with Gasteiger partial charge in [0.15, 0.2) is 5.82 Å². The second-order valence-electron chi connectivity index (χ2n) is 9.75. The third-order valence-corrected chi connectivity index (χ3v) is 6.89. The summed E-state index contributed by atoms with van der Waals surface area (Å²) in [5.74, 6) is 0.610. The summed E-state index contributed by atoms with van der Waals surface area (Å²) in [6, 6.07) is 8.12. The normalized spacial score (nSPS) is 12.4. The van der Waals surface area contributed by atoms with Crippen LogP contribution in [0.25, 0.3) is 21.9 Å². The van der Waals surface area contributed by atoms with Gasteiger partial charge in [0.05, 0.1) is 30.0 Å². The maximum atomic E-state index is 12.3. The van der Waals surface area contributed by atoms with Gasteiger partial charge in [0.25, 0.3) is 0 Å². The van der Waals surface area contributed by atoms with E-state index in [1.807, 2.05) is 31.5 Å². The lowest BCUT2D eigenvalue weighted by molar-refractivity contribution is -0.121. The van der Waals surface area contributed by atoms with E-state index in [9.17, 15) is 4.79 Å². The van der Waals surface area contributed by atoms with Crippen LogP contribution >= 0.6 is 0 Å². The number of amides is 1. The van der Waals surface area contributed by atoms with Crippen LogP contribution in [0, 0.1) is 0 Å². The van der Waals surface area contributed by atoms with Crippen molar-refractivity contribution >= 4 is 33.7 Å². The van der Waals surface area contributed by atoms with Crippen LogP contribution in [0.2, 0.25) is 0 Å². The molecule has 0 spiro atoms. The lowest BCUT2D eigenvalue weighted by Gasteiger charge is -2.20. The van der Waals surface area contributed by atoms with E-state index in [4.69, 9.17) is 10.5 Å². The number of carbonyl (C=O) groups excluding carboxylic acids is 1. The minimum absolute atomic E-state index is 0.106. The fraction of sp³-hybridized carbons (Fsp3) is 0.621. The van der Waals surface area contributed by atoms with Gasteiger partial charge in [-0.1, -0.05) is 76.5 Å². The molecule has 3 rings (SSSR count). The first-order valence-corrected chi connectivity index (χ1v) is 14.0. The number of benzene rings is 1. The first-order valence-electron chi connectivity index (χ1n) is 14.0. The Balaban J connectivity index is 1.46. The molecule has 0 saturated carbocycles. The highest BCUT2D eigenvalue weighted by Crippen LogP contribution is 2.30. The average Bonchev–Trinajstić information content (AvgIpc) is 3.33. The smallest absolute Gasteiger partial charge is 0.219 e. The minimum Gasteiger partial charge on any atom is -0.382 e. The molecule has 1 amide bonds. The summed E-state index contributed by atoms with van der Waals surface area (Å²) in [6.07, 6.45) is 15.6. The van der Waals surface area contributed by atoms with Crippen LogP contribution in [-0.4, -0.2) is 40.2 Å². The molecule has 0 aliphatic carbocycles. The van der Waals surface area contributed by atoms with Crippen molar-refractivity contribution in [1.29, 1.82) is 0 Å². The first kappa shape index (κ1) is 27.9. The van der Waals surface area contributed by atoms with Crippen molar-refractivity contribution in [3.63, 3.8) is 0 Å². The van der Waals surface area contributed by atoms with Crippen molar-refractivity contribution < 1.29 is 9.53 Å². The minimum atomic E-state index is 0.106. The fourth-order valence-corrected chi connectivity index (χ4v) is 4.85. The number of hydrogen-bond donors (Lipinski definition) is 2. The Morgan fingerprint density at radius 1 is 1.03 bits per heavy atom. The number of ether oxygens (including phenoxy) is 1. The van der Waals surface area contributed by atoms with Gasteiger partial charge in [-0.25, -0.2) is 9.97 Å². The topological polar surface area (TPSA) is 95.1 Å². The summed E-state index contributed by atoms with van der Waals surface area (Å²) in [5.41, 5.74) is 8.80. The number of nitrogens with zero attached hydrogens (tertiary/aromatic N) is 3. The zero-order valence-corrected chi connectivity index (χ0v) is 22.3. The number of carbonyl (C=O) groups is 1. The fourth-order valence-electron chi connectivity index (χ4n) is 4.85. The molecular formula is C29H45N5O2. The maximum absolute atomic E-state index is 12.3. The number of aromatic nitrogens is 3. The molecule has 0 aliphatic rings. The molecule has 0 radical (unpaired) electrons. The number of fused-ring (bicyclic) bond motifs is 3. The number of unbranched alkanes of at least 4 members (excludes halogenated alkanes) is 8. The molecule has 7 nitrogen and oxygen atoms in total. The van der Waals surface area contributed by atoms with Gasteiger partial charge in [0.2, 0.25) is 5.91 Å². The summed E-state index contributed by atoms with van der Waals surface area (Å²) in [4.78, 5) is 21.4. The molecule has 0 aliphatic heterocycles. The Kier molecular flexibility index (Phi) is 12.0. The van der Waals surface area contributed by atoms with Crippen LogP contribution in [0.3, 0.4) is 0 Å². The highest BCUT2D eigenvalue weighted by Gasteiger charge is 2.18. The Bertz CT molecular complexity index is 1060. The van der Waals surface area contributed by atoms with Gasteiger partial charge in [0, 0.05) is 25.0 Å². The second-order valence-corrected chi connectivity index (χ2v) is 9.75. The van der Waals surface area contributed by atoms with Gasteiger partial charge in [0.1, 0.15) is 5.52 Å². The molecule has 0 fully saturated rings. The Morgan fingerprint density at radius 3 is 2.50 bits per heavy atom. The highest BCUT2D eigenvalue weighted by molar-refractivity contribution is 6.06. The summed E-state index contributed by atoms with van der Waals surface area (Å²) in [6.45, 7) is 6.18. The quantitative estimate of drug-likeness (QED) is 0.195. The summed E-state index contributed by atoms with van der Waals surface area (Å²) < 4.78 is 7.99. The highest BCUT2D eigenvalue weighted by atomic mass is 16.5. The molecule has 0 bridgehead atoms. The van der Waals surface area contributed by atoms with Crippen LogP contribution in [-0.2, 0) is 9.53 Å². The largest absolute Gasteiger partial charge is 0.382 e. The summed E-state index contributed by atoms with van der Waals surface area (Å²) in [7, 11) is 0. The Morgan fingerprint density at radius 2 is 1.75 bits per heavy atom. The molecule has 1 aromatic carbocycles. The third kappa shape index (κ3) is 8.19. The van der Waals surface area contributed by atoms with E-state index < -0.39 is 0 Å². The number of pyridine rings is 1. The van der Waals surface area contributed by atoms with E-state index in [1.165, 1.54) is 44.9 Å². The van der Waals surface area contributed by atoms with Crippen LogP contribution in [0.15, 0.2) is 30.6 Å². The first-order chi connectivity index (χ1) is 17.7. The van der Waals surface area contributed by atoms with Gasteiger partial charge in [-0.05, 0) is 32.3 Å². The van der Waals surface area contributed by atoms with Crippen LogP contribution in [0.1, 0.15) is 96.9 Å². The van der Waals surface area contributed by atoms with Crippen molar-refractivity contribution in [2.24, 2.45) is 0 Å². The van der Waals surface area contributed by atoms with E-state index in [0.717, 1.165) is 47.6 Å². The third-order valence-electron chi connectivity index (χ3n) is 6.89. The van der Waals surface area contributed by atoms with E-state index in [1.54, 1.807) is 0 Å². The maximum Gasteiger partial charge on any atom is 0.219 e. The molecule has 3 aromatic rings. The van der Waals surface area contributed by atoms with Gasteiger partial charge in [-0.2, -0.15) is 0 Å². The molecular weight excluding hydrogens is 450 g/mol. The Labute approximate surface area is 216 Å². The molecule has 2 aromatic heterocycles. The summed E-state index contributed by atoms with van der Waals surface area (Å²) >= 11 is 0. The lowest BCUT2D eigenvalue weighted by atomic mass is 10.1. The van der Waals surface area contributed by atoms with Gasteiger partial charge >= 0.3 is 0 Å². The molecule has 7 heteroatoms. The number of nitrogens with two attached hydrogens (primary N) is 1. The zero-order chi connectivity index (χ0) is 25.6. The summed E-state index contributed by atoms with van der Waals surface area (Å²) in [5, 5.41) is 4.14. The van der Waals surface area contributed by atoms with Crippen molar-refractivity contribution in [3.05, 3.63) is 30.6 Å². The number of anilines is 1. The standard InChI is InChI=1S/C29H45N5O2/c1-3-5-6-7-8-9-10-11-12-19-26(35)31-20-15-16-23(21-36-4-2)34-22-32-27-28(34)24-17-13-14-18-25(24)33-29(27)30/h13-14,17-18,22-23H,3-12,15-16,19-21H2,1-2H3,(H2,30,33)(H,31,35)/t23-/m0/s1. The molecule has 1 atom stereocenters. The van der Waals surface area contributed by atoms with E-state index in [2.05, 4.69) is 32.8 Å². The molecule has 3 N–H and O–H groups in total. The van der Waals surface area contributed by atoms with Gasteiger partial charge < -0.3 is 20.4 Å². The number of para-hydroxylation sites is 1. The van der Waals surface area contributed by atoms with E-state index in [0.29, 0.717) is 32.0 Å².